The van der Waals surface area contributed by atoms with E-state index in [1.54, 1.807) is 6.92 Å². The number of carbonyl (C=O) groups excluding carboxylic acids is 2. The summed E-state index contributed by atoms with van der Waals surface area (Å²) in [5.74, 6) is -0.0507. The fourth-order valence-corrected chi connectivity index (χ4v) is 1.54. The minimum absolute atomic E-state index is 0.0824. The number of amides is 2. The van der Waals surface area contributed by atoms with Gasteiger partial charge in [-0.25, -0.2) is 0 Å². The molecule has 19 heavy (non-hydrogen) atoms. The minimum atomic E-state index is -0.133. The quantitative estimate of drug-likeness (QED) is 0.388. The average Bonchev–Trinajstić information content (AvgIpc) is 2.37. The lowest BCUT2D eigenvalue weighted by atomic mass is 10.1. The molecule has 2 amide bonds. The molecule has 0 aromatic carbocycles. The van der Waals surface area contributed by atoms with Crippen LogP contribution in [-0.2, 0) is 9.59 Å². The van der Waals surface area contributed by atoms with Crippen molar-refractivity contribution in [1.29, 1.82) is 0 Å². The highest BCUT2D eigenvalue weighted by Crippen LogP contribution is 2.01. The van der Waals surface area contributed by atoms with Crippen molar-refractivity contribution in [3.63, 3.8) is 0 Å². The van der Waals surface area contributed by atoms with Crippen LogP contribution in [-0.4, -0.2) is 31.4 Å². The maximum absolute atomic E-state index is 11.4. The monoisotopic (exact) mass is 269 g/mol. The molecule has 0 saturated carbocycles. The van der Waals surface area contributed by atoms with Crippen LogP contribution in [0.1, 0.15) is 45.4 Å². The maximum atomic E-state index is 11.4. The van der Waals surface area contributed by atoms with Crippen molar-refractivity contribution in [3.8, 4) is 0 Å². The summed E-state index contributed by atoms with van der Waals surface area (Å²) < 4.78 is 0. The van der Waals surface area contributed by atoms with Crippen molar-refractivity contribution >= 4 is 11.8 Å². The van der Waals surface area contributed by atoms with E-state index in [1.807, 2.05) is 0 Å². The lowest BCUT2D eigenvalue weighted by molar-refractivity contribution is -0.121. The van der Waals surface area contributed by atoms with Crippen LogP contribution in [0.3, 0.4) is 0 Å². The molecule has 0 heterocycles. The molecule has 0 aliphatic carbocycles. The van der Waals surface area contributed by atoms with Gasteiger partial charge in [-0.05, 0) is 32.7 Å². The van der Waals surface area contributed by atoms with Crippen LogP contribution in [0.25, 0.3) is 0 Å². The van der Waals surface area contributed by atoms with E-state index in [0.29, 0.717) is 25.1 Å². The molecule has 0 saturated heterocycles. The summed E-state index contributed by atoms with van der Waals surface area (Å²) in [6.45, 7) is 7.09. The number of unbranched alkanes of at least 4 members (excludes halogenated alkanes) is 3. The van der Waals surface area contributed by atoms with Gasteiger partial charge >= 0.3 is 0 Å². The largest absolute Gasteiger partial charge is 0.356 e. The molecule has 110 valence electrons. The molecule has 0 atom stereocenters. The van der Waals surface area contributed by atoms with E-state index < -0.39 is 0 Å². The first kappa shape index (κ1) is 17.6. The Labute approximate surface area is 116 Å². The number of nitrogens with one attached hydrogen (secondary N) is 2. The summed E-state index contributed by atoms with van der Waals surface area (Å²) >= 11 is 0. The summed E-state index contributed by atoms with van der Waals surface area (Å²) in [6.07, 6.45) is 5.40. The molecule has 0 radical (unpaired) electrons. The van der Waals surface area contributed by atoms with E-state index in [2.05, 4.69) is 17.2 Å². The number of nitrogens with two attached hydrogens (primary N) is 1. The van der Waals surface area contributed by atoms with Crippen molar-refractivity contribution in [2.24, 2.45) is 5.73 Å². The summed E-state index contributed by atoms with van der Waals surface area (Å²) in [5, 5.41) is 5.56. The fourth-order valence-electron chi connectivity index (χ4n) is 1.54. The van der Waals surface area contributed by atoms with Gasteiger partial charge in [-0.2, -0.15) is 0 Å². The molecule has 5 nitrogen and oxygen atoms in total. The summed E-state index contributed by atoms with van der Waals surface area (Å²) in [6, 6.07) is 0. The number of carbonyl (C=O) groups is 2. The smallest absolute Gasteiger partial charge is 0.246 e. The van der Waals surface area contributed by atoms with Crippen LogP contribution >= 0.6 is 0 Å². The number of rotatable bonds is 11. The lowest BCUT2D eigenvalue weighted by Gasteiger charge is -2.06. The van der Waals surface area contributed by atoms with E-state index in [0.717, 1.165) is 38.6 Å². The molecule has 5 heteroatoms. The fraction of sp³-hybridized carbons (Fsp3) is 0.714. The van der Waals surface area contributed by atoms with Gasteiger partial charge in [-0.1, -0.05) is 19.4 Å². The second-order valence-electron chi connectivity index (χ2n) is 4.69. The van der Waals surface area contributed by atoms with Gasteiger partial charge in [0.2, 0.25) is 11.8 Å². The zero-order valence-electron chi connectivity index (χ0n) is 12.0. The normalized spacial score (nSPS) is 10.0. The van der Waals surface area contributed by atoms with E-state index in [9.17, 15) is 9.59 Å². The molecule has 4 N–H and O–H groups in total. The highest BCUT2D eigenvalue weighted by atomic mass is 16.2. The second kappa shape index (κ2) is 11.7. The highest BCUT2D eigenvalue weighted by Gasteiger charge is 2.02. The standard InChI is InChI=1S/C14H27N3O2/c1-12(2)14(19)17-11-7-10-16-13(18)8-5-3-4-6-9-15/h1,3-11,15H2,2H3,(H,16,18)(H,17,19). The third-order valence-electron chi connectivity index (χ3n) is 2.71. The van der Waals surface area contributed by atoms with Crippen molar-refractivity contribution in [2.75, 3.05) is 19.6 Å². The molecule has 0 fully saturated rings. The van der Waals surface area contributed by atoms with Crippen LogP contribution in [0.4, 0.5) is 0 Å². The summed E-state index contributed by atoms with van der Waals surface area (Å²) in [5.41, 5.74) is 5.89. The van der Waals surface area contributed by atoms with Gasteiger partial charge in [0.05, 0.1) is 0 Å². The Hall–Kier alpha value is -1.36. The van der Waals surface area contributed by atoms with Gasteiger partial charge < -0.3 is 16.4 Å². The SMILES string of the molecule is C=C(C)C(=O)NCCCNC(=O)CCCCCCN. The van der Waals surface area contributed by atoms with E-state index in [1.165, 1.54) is 0 Å². The number of hydrogen-bond acceptors (Lipinski definition) is 3. The van der Waals surface area contributed by atoms with Crippen molar-refractivity contribution in [2.45, 2.75) is 45.4 Å². The van der Waals surface area contributed by atoms with E-state index in [4.69, 9.17) is 5.73 Å². The van der Waals surface area contributed by atoms with Gasteiger partial charge in [-0.15, -0.1) is 0 Å². The minimum Gasteiger partial charge on any atom is -0.356 e. The van der Waals surface area contributed by atoms with E-state index in [-0.39, 0.29) is 11.8 Å². The van der Waals surface area contributed by atoms with Gasteiger partial charge in [-0.3, -0.25) is 9.59 Å². The Bertz CT molecular complexity index is 290. The lowest BCUT2D eigenvalue weighted by Crippen LogP contribution is -2.29. The van der Waals surface area contributed by atoms with E-state index >= 15 is 0 Å². The second-order valence-corrected chi connectivity index (χ2v) is 4.69. The maximum Gasteiger partial charge on any atom is 0.246 e. The predicted molar refractivity (Wildman–Crippen MR) is 77.6 cm³/mol. The van der Waals surface area contributed by atoms with Crippen molar-refractivity contribution in [3.05, 3.63) is 12.2 Å². The Morgan fingerprint density at radius 1 is 1.00 bits per heavy atom. The van der Waals surface area contributed by atoms with Gasteiger partial charge in [0.1, 0.15) is 0 Å². The zero-order chi connectivity index (χ0) is 14.5. The van der Waals surface area contributed by atoms with Crippen LogP contribution in [0.15, 0.2) is 12.2 Å². The Morgan fingerprint density at radius 3 is 2.26 bits per heavy atom. The van der Waals surface area contributed by atoms with Crippen LogP contribution in [0.5, 0.6) is 0 Å². The molecule has 0 unspecified atom stereocenters. The van der Waals surface area contributed by atoms with Gasteiger partial charge in [0, 0.05) is 25.1 Å². The third-order valence-corrected chi connectivity index (χ3v) is 2.71. The average molecular weight is 269 g/mol. The zero-order valence-corrected chi connectivity index (χ0v) is 12.0. The van der Waals surface area contributed by atoms with Crippen molar-refractivity contribution < 1.29 is 9.59 Å². The first-order valence-corrected chi connectivity index (χ1v) is 6.98. The molecule has 0 bridgehead atoms. The molecular formula is C14H27N3O2. The predicted octanol–water partition coefficient (Wildman–Crippen LogP) is 1.09. The highest BCUT2D eigenvalue weighted by molar-refractivity contribution is 5.92. The molecule has 0 rings (SSSR count). The molecule has 0 aromatic rings. The Balaban J connectivity index is 3.34. The molecular weight excluding hydrogens is 242 g/mol. The number of hydrogen-bond donors (Lipinski definition) is 3. The van der Waals surface area contributed by atoms with Gasteiger partial charge in [0.25, 0.3) is 0 Å². The third kappa shape index (κ3) is 11.5. The summed E-state index contributed by atoms with van der Waals surface area (Å²) in [4.78, 5) is 22.6. The summed E-state index contributed by atoms with van der Waals surface area (Å²) in [7, 11) is 0. The van der Waals surface area contributed by atoms with Crippen LogP contribution < -0.4 is 16.4 Å². The topological polar surface area (TPSA) is 84.2 Å². The van der Waals surface area contributed by atoms with Crippen molar-refractivity contribution in [1.82, 2.24) is 10.6 Å². The molecule has 0 spiro atoms. The Morgan fingerprint density at radius 2 is 1.63 bits per heavy atom. The first-order chi connectivity index (χ1) is 9.07. The molecule has 0 aliphatic rings. The van der Waals surface area contributed by atoms with Gasteiger partial charge in [0.15, 0.2) is 0 Å². The van der Waals surface area contributed by atoms with Crippen LogP contribution in [0.2, 0.25) is 0 Å². The Kier molecular flexibility index (Phi) is 10.9. The van der Waals surface area contributed by atoms with Crippen LogP contribution in [0, 0.1) is 0 Å². The molecule has 0 aromatic heterocycles. The molecule has 0 aliphatic heterocycles. The first-order valence-electron chi connectivity index (χ1n) is 6.98.